The SMILES string of the molecule is COc1cccc(-c2nc(NCCN3CCOCC3)c3ccccc3n2)c1. The molecule has 0 saturated carbocycles. The topological polar surface area (TPSA) is 59.5 Å². The van der Waals surface area contributed by atoms with Gasteiger partial charge in [0.25, 0.3) is 0 Å². The first-order chi connectivity index (χ1) is 13.3. The van der Waals surface area contributed by atoms with Gasteiger partial charge in [-0.1, -0.05) is 24.3 Å². The van der Waals surface area contributed by atoms with Crippen molar-refractivity contribution in [1.29, 1.82) is 0 Å². The number of rotatable bonds is 6. The van der Waals surface area contributed by atoms with Gasteiger partial charge in [0.05, 0.1) is 25.8 Å². The standard InChI is InChI=1S/C21H24N4O2/c1-26-17-6-4-5-16(15-17)20-23-19-8-3-2-7-18(19)21(24-20)22-9-10-25-11-13-27-14-12-25/h2-8,15H,9-14H2,1H3,(H,22,23,24). The Morgan fingerprint density at radius 2 is 1.93 bits per heavy atom. The number of morpholine rings is 1. The molecule has 2 aromatic carbocycles. The Hall–Kier alpha value is -2.70. The maximum absolute atomic E-state index is 5.41. The minimum Gasteiger partial charge on any atom is -0.497 e. The summed E-state index contributed by atoms with van der Waals surface area (Å²) in [5.74, 6) is 2.36. The lowest BCUT2D eigenvalue weighted by Gasteiger charge is -2.26. The fraction of sp³-hybridized carbons (Fsp3) is 0.333. The van der Waals surface area contributed by atoms with Gasteiger partial charge in [0, 0.05) is 37.1 Å². The van der Waals surface area contributed by atoms with Crippen LogP contribution in [0.15, 0.2) is 48.5 Å². The van der Waals surface area contributed by atoms with Crippen molar-refractivity contribution in [3.63, 3.8) is 0 Å². The summed E-state index contributed by atoms with van der Waals surface area (Å²) in [6.07, 6.45) is 0. The van der Waals surface area contributed by atoms with Gasteiger partial charge < -0.3 is 14.8 Å². The fourth-order valence-electron chi connectivity index (χ4n) is 3.26. The van der Waals surface area contributed by atoms with E-state index in [0.717, 1.165) is 67.4 Å². The maximum Gasteiger partial charge on any atom is 0.162 e. The van der Waals surface area contributed by atoms with Crippen LogP contribution in [0.2, 0.25) is 0 Å². The molecule has 1 N–H and O–H groups in total. The third-order valence-corrected chi connectivity index (χ3v) is 4.76. The highest BCUT2D eigenvalue weighted by molar-refractivity contribution is 5.90. The molecule has 1 aliphatic heterocycles. The van der Waals surface area contributed by atoms with Crippen molar-refractivity contribution < 1.29 is 9.47 Å². The second-order valence-corrected chi connectivity index (χ2v) is 6.53. The van der Waals surface area contributed by atoms with Crippen LogP contribution in [-0.2, 0) is 4.74 Å². The number of anilines is 1. The summed E-state index contributed by atoms with van der Waals surface area (Å²) in [6, 6.07) is 15.9. The molecule has 27 heavy (non-hydrogen) atoms. The van der Waals surface area contributed by atoms with Gasteiger partial charge >= 0.3 is 0 Å². The highest BCUT2D eigenvalue weighted by Gasteiger charge is 2.12. The molecule has 1 aliphatic rings. The Labute approximate surface area is 159 Å². The van der Waals surface area contributed by atoms with Crippen LogP contribution in [0.4, 0.5) is 5.82 Å². The zero-order chi connectivity index (χ0) is 18.5. The molecule has 1 saturated heterocycles. The van der Waals surface area contributed by atoms with Crippen molar-refractivity contribution in [1.82, 2.24) is 14.9 Å². The number of methoxy groups -OCH3 is 1. The number of hydrogen-bond acceptors (Lipinski definition) is 6. The third-order valence-electron chi connectivity index (χ3n) is 4.76. The van der Waals surface area contributed by atoms with Gasteiger partial charge in [-0.05, 0) is 24.3 Å². The predicted octanol–water partition coefficient (Wildman–Crippen LogP) is 3.05. The van der Waals surface area contributed by atoms with Crippen LogP contribution in [0.1, 0.15) is 0 Å². The largest absolute Gasteiger partial charge is 0.497 e. The summed E-state index contributed by atoms with van der Waals surface area (Å²) in [7, 11) is 1.67. The summed E-state index contributed by atoms with van der Waals surface area (Å²) in [4.78, 5) is 12.0. The zero-order valence-electron chi connectivity index (χ0n) is 15.5. The Kier molecular flexibility index (Phi) is 5.46. The van der Waals surface area contributed by atoms with E-state index in [4.69, 9.17) is 19.4 Å². The summed E-state index contributed by atoms with van der Waals surface area (Å²) >= 11 is 0. The van der Waals surface area contributed by atoms with Gasteiger partial charge in [-0.15, -0.1) is 0 Å². The predicted molar refractivity (Wildman–Crippen MR) is 107 cm³/mol. The molecular weight excluding hydrogens is 340 g/mol. The second-order valence-electron chi connectivity index (χ2n) is 6.53. The lowest BCUT2D eigenvalue weighted by Crippen LogP contribution is -2.39. The number of ether oxygens (including phenoxy) is 2. The lowest BCUT2D eigenvalue weighted by atomic mass is 10.1. The van der Waals surface area contributed by atoms with Crippen LogP contribution < -0.4 is 10.1 Å². The summed E-state index contributed by atoms with van der Waals surface area (Å²) in [5, 5.41) is 4.54. The van der Waals surface area contributed by atoms with E-state index in [-0.39, 0.29) is 0 Å². The van der Waals surface area contributed by atoms with Crippen LogP contribution in [-0.4, -0.2) is 61.4 Å². The van der Waals surface area contributed by atoms with E-state index in [1.807, 2.05) is 42.5 Å². The Morgan fingerprint density at radius 3 is 2.78 bits per heavy atom. The van der Waals surface area contributed by atoms with Gasteiger partial charge in [0.1, 0.15) is 11.6 Å². The number of aromatic nitrogens is 2. The molecule has 0 amide bonds. The second kappa shape index (κ2) is 8.33. The summed E-state index contributed by atoms with van der Waals surface area (Å²) in [6.45, 7) is 5.41. The van der Waals surface area contributed by atoms with E-state index in [1.54, 1.807) is 7.11 Å². The molecule has 0 unspecified atom stereocenters. The molecule has 0 atom stereocenters. The number of benzene rings is 2. The van der Waals surface area contributed by atoms with Crippen LogP contribution in [0.5, 0.6) is 5.75 Å². The molecule has 6 heteroatoms. The Bertz CT molecular complexity index is 910. The molecule has 0 aliphatic carbocycles. The zero-order valence-corrected chi connectivity index (χ0v) is 15.5. The first-order valence-electron chi connectivity index (χ1n) is 9.29. The average Bonchev–Trinajstić information content (AvgIpc) is 2.74. The van der Waals surface area contributed by atoms with E-state index in [1.165, 1.54) is 0 Å². The fourth-order valence-corrected chi connectivity index (χ4v) is 3.26. The number of nitrogens with zero attached hydrogens (tertiary/aromatic N) is 3. The van der Waals surface area contributed by atoms with Gasteiger partial charge in [-0.2, -0.15) is 0 Å². The smallest absolute Gasteiger partial charge is 0.162 e. The van der Waals surface area contributed by atoms with E-state index < -0.39 is 0 Å². The van der Waals surface area contributed by atoms with Gasteiger partial charge in [0.15, 0.2) is 5.82 Å². The molecular formula is C21H24N4O2. The first-order valence-corrected chi connectivity index (χ1v) is 9.29. The number of hydrogen-bond donors (Lipinski definition) is 1. The first kappa shape index (κ1) is 17.7. The minimum absolute atomic E-state index is 0.696. The highest BCUT2D eigenvalue weighted by Crippen LogP contribution is 2.26. The Morgan fingerprint density at radius 1 is 1.07 bits per heavy atom. The van der Waals surface area contributed by atoms with Crippen LogP contribution >= 0.6 is 0 Å². The molecule has 2 heterocycles. The molecule has 3 aromatic rings. The van der Waals surface area contributed by atoms with Crippen molar-refractivity contribution in [2.24, 2.45) is 0 Å². The number of fused-ring (bicyclic) bond motifs is 1. The van der Waals surface area contributed by atoms with Gasteiger partial charge in [-0.3, -0.25) is 4.90 Å². The van der Waals surface area contributed by atoms with Crippen LogP contribution in [0, 0.1) is 0 Å². The minimum atomic E-state index is 0.696. The Balaban J connectivity index is 1.60. The van der Waals surface area contributed by atoms with Crippen molar-refractivity contribution in [3.05, 3.63) is 48.5 Å². The molecule has 1 aromatic heterocycles. The van der Waals surface area contributed by atoms with Crippen molar-refractivity contribution in [3.8, 4) is 17.1 Å². The summed E-state index contributed by atoms with van der Waals surface area (Å²) < 4.78 is 10.8. The molecule has 4 rings (SSSR count). The van der Waals surface area contributed by atoms with E-state index in [2.05, 4.69) is 16.3 Å². The highest BCUT2D eigenvalue weighted by atomic mass is 16.5. The molecule has 0 spiro atoms. The monoisotopic (exact) mass is 364 g/mol. The van der Waals surface area contributed by atoms with Crippen LogP contribution in [0.3, 0.4) is 0 Å². The van der Waals surface area contributed by atoms with E-state index >= 15 is 0 Å². The quantitative estimate of drug-likeness (QED) is 0.725. The number of nitrogens with one attached hydrogen (secondary N) is 1. The van der Waals surface area contributed by atoms with Gasteiger partial charge in [-0.25, -0.2) is 9.97 Å². The molecule has 6 nitrogen and oxygen atoms in total. The summed E-state index contributed by atoms with van der Waals surface area (Å²) in [5.41, 5.74) is 1.87. The van der Waals surface area contributed by atoms with Crippen molar-refractivity contribution in [2.75, 3.05) is 51.8 Å². The third kappa shape index (κ3) is 4.18. The maximum atomic E-state index is 5.41. The van der Waals surface area contributed by atoms with Crippen LogP contribution in [0.25, 0.3) is 22.3 Å². The average molecular weight is 364 g/mol. The van der Waals surface area contributed by atoms with Gasteiger partial charge in [0.2, 0.25) is 0 Å². The molecule has 0 bridgehead atoms. The molecule has 140 valence electrons. The number of para-hydroxylation sites is 1. The molecule has 1 fully saturated rings. The van der Waals surface area contributed by atoms with E-state index in [9.17, 15) is 0 Å². The lowest BCUT2D eigenvalue weighted by molar-refractivity contribution is 0.0398. The normalized spacial score (nSPS) is 15.0. The molecule has 0 radical (unpaired) electrons. The van der Waals surface area contributed by atoms with Crippen molar-refractivity contribution >= 4 is 16.7 Å². The van der Waals surface area contributed by atoms with E-state index in [0.29, 0.717) is 5.82 Å². The van der Waals surface area contributed by atoms with Crippen molar-refractivity contribution in [2.45, 2.75) is 0 Å².